The zero-order valence-electron chi connectivity index (χ0n) is 14.7. The summed E-state index contributed by atoms with van der Waals surface area (Å²) in [7, 11) is 1.57. The number of carbonyl (C=O) groups excluding carboxylic acids is 2. The maximum Gasteiger partial charge on any atom is 0.269 e. The average Bonchev–Trinajstić information content (AvgIpc) is 3.03. The van der Waals surface area contributed by atoms with E-state index >= 15 is 0 Å². The zero-order chi connectivity index (χ0) is 20.1. The van der Waals surface area contributed by atoms with Crippen molar-refractivity contribution in [3.8, 4) is 5.75 Å². The lowest BCUT2D eigenvalue weighted by Gasteiger charge is -2.10. The highest BCUT2D eigenvalue weighted by molar-refractivity contribution is 7.80. The lowest BCUT2D eigenvalue weighted by Crippen LogP contribution is -2.48. The molecule has 3 N–H and O–H groups in total. The van der Waals surface area contributed by atoms with Gasteiger partial charge in [0.25, 0.3) is 5.91 Å². The smallest absolute Gasteiger partial charge is 0.269 e. The maximum absolute atomic E-state index is 12.5. The summed E-state index contributed by atoms with van der Waals surface area (Å²) in [4.78, 5) is 24.7. The number of ether oxygens (including phenoxy) is 1. The van der Waals surface area contributed by atoms with Gasteiger partial charge in [-0.3, -0.25) is 25.8 Å². The van der Waals surface area contributed by atoms with Crippen molar-refractivity contribution in [2.24, 2.45) is 0 Å². The minimum atomic E-state index is -0.458. The standard InChI is InChI=1S/C19H16ClN3O3S2/c1-26-12-7-8-13-14(10-12)28-17(16(13)20)18(25)21-19(27)23-22-15(24)9-11-5-3-2-4-6-11/h2-8,10H,9H2,1H3,(H,22,24)(H2,21,23,25,27). The number of rotatable bonds is 4. The third kappa shape index (κ3) is 4.78. The van der Waals surface area contributed by atoms with Gasteiger partial charge in [-0.25, -0.2) is 0 Å². The molecule has 0 saturated carbocycles. The quantitative estimate of drug-likeness (QED) is 0.434. The first-order valence-electron chi connectivity index (χ1n) is 8.18. The Morgan fingerprint density at radius 2 is 1.89 bits per heavy atom. The number of amides is 2. The third-order valence-electron chi connectivity index (χ3n) is 3.79. The van der Waals surface area contributed by atoms with Gasteiger partial charge in [0.15, 0.2) is 5.11 Å². The number of carbonyl (C=O) groups is 2. The fourth-order valence-corrected chi connectivity index (χ4v) is 4.05. The second kappa shape index (κ2) is 9.01. The second-order valence-corrected chi connectivity index (χ2v) is 7.56. The Balaban J connectivity index is 1.58. The van der Waals surface area contributed by atoms with E-state index in [0.717, 1.165) is 15.6 Å². The molecule has 0 saturated heterocycles. The third-order valence-corrected chi connectivity index (χ3v) is 5.65. The first kappa shape index (κ1) is 20.1. The molecule has 0 aliphatic carbocycles. The Bertz CT molecular complexity index is 1040. The molecule has 28 heavy (non-hydrogen) atoms. The van der Waals surface area contributed by atoms with Gasteiger partial charge in [0.1, 0.15) is 10.6 Å². The van der Waals surface area contributed by atoms with Gasteiger partial charge in [0, 0.05) is 10.1 Å². The number of halogens is 1. The van der Waals surface area contributed by atoms with E-state index in [-0.39, 0.29) is 17.4 Å². The Morgan fingerprint density at radius 3 is 2.61 bits per heavy atom. The van der Waals surface area contributed by atoms with E-state index in [1.54, 1.807) is 19.2 Å². The van der Waals surface area contributed by atoms with Crippen LogP contribution in [0.25, 0.3) is 10.1 Å². The molecule has 2 aromatic carbocycles. The molecule has 0 spiro atoms. The van der Waals surface area contributed by atoms with Crippen LogP contribution < -0.4 is 20.9 Å². The van der Waals surface area contributed by atoms with Crippen LogP contribution in [-0.2, 0) is 11.2 Å². The molecule has 6 nitrogen and oxygen atoms in total. The zero-order valence-corrected chi connectivity index (χ0v) is 17.1. The van der Waals surface area contributed by atoms with E-state index in [2.05, 4.69) is 16.2 Å². The van der Waals surface area contributed by atoms with Gasteiger partial charge in [-0.15, -0.1) is 11.3 Å². The minimum Gasteiger partial charge on any atom is -0.497 e. The summed E-state index contributed by atoms with van der Waals surface area (Å²) in [5, 5.41) is 3.58. The Hall–Kier alpha value is -2.68. The summed E-state index contributed by atoms with van der Waals surface area (Å²) < 4.78 is 6.01. The van der Waals surface area contributed by atoms with E-state index < -0.39 is 5.91 Å². The molecule has 3 aromatic rings. The van der Waals surface area contributed by atoms with Gasteiger partial charge in [-0.05, 0) is 36.0 Å². The van der Waals surface area contributed by atoms with E-state index in [0.29, 0.717) is 15.6 Å². The van der Waals surface area contributed by atoms with E-state index in [4.69, 9.17) is 28.6 Å². The number of methoxy groups -OCH3 is 1. The molecule has 0 bridgehead atoms. The van der Waals surface area contributed by atoms with Gasteiger partial charge in [-0.1, -0.05) is 41.9 Å². The predicted molar refractivity (Wildman–Crippen MR) is 115 cm³/mol. The molecule has 1 aromatic heterocycles. The normalized spacial score (nSPS) is 10.4. The van der Waals surface area contributed by atoms with E-state index in [1.807, 2.05) is 36.4 Å². The van der Waals surface area contributed by atoms with Crippen molar-refractivity contribution in [3.63, 3.8) is 0 Å². The highest BCUT2D eigenvalue weighted by Crippen LogP contribution is 2.37. The van der Waals surface area contributed by atoms with Crippen LogP contribution in [0.3, 0.4) is 0 Å². The Kier molecular flexibility index (Phi) is 6.45. The summed E-state index contributed by atoms with van der Waals surface area (Å²) in [5.41, 5.74) is 5.83. The number of thiophene rings is 1. The van der Waals surface area contributed by atoms with Crippen LogP contribution >= 0.6 is 35.2 Å². The summed E-state index contributed by atoms with van der Waals surface area (Å²) in [6, 6.07) is 14.6. The first-order chi connectivity index (χ1) is 13.5. The van der Waals surface area contributed by atoms with Gasteiger partial charge in [0.2, 0.25) is 5.91 Å². The molecule has 0 atom stereocenters. The monoisotopic (exact) mass is 433 g/mol. The topological polar surface area (TPSA) is 79.5 Å². The van der Waals surface area contributed by atoms with Crippen molar-refractivity contribution in [3.05, 3.63) is 64.0 Å². The minimum absolute atomic E-state index is 0.0301. The molecule has 144 valence electrons. The number of thiocarbonyl (C=S) groups is 1. The molecule has 0 aliphatic heterocycles. The fraction of sp³-hybridized carbons (Fsp3) is 0.105. The molecular formula is C19H16ClN3O3S2. The van der Waals surface area contributed by atoms with Crippen LogP contribution in [0, 0.1) is 0 Å². The van der Waals surface area contributed by atoms with Crippen molar-refractivity contribution < 1.29 is 14.3 Å². The number of hydrogen-bond acceptors (Lipinski definition) is 5. The fourth-order valence-electron chi connectivity index (χ4n) is 2.46. The van der Waals surface area contributed by atoms with Gasteiger partial charge >= 0.3 is 0 Å². The largest absolute Gasteiger partial charge is 0.497 e. The van der Waals surface area contributed by atoms with Crippen molar-refractivity contribution >= 4 is 62.2 Å². The highest BCUT2D eigenvalue weighted by Gasteiger charge is 2.18. The van der Waals surface area contributed by atoms with Crippen molar-refractivity contribution in [2.75, 3.05) is 7.11 Å². The molecule has 0 radical (unpaired) electrons. The number of fused-ring (bicyclic) bond motifs is 1. The molecule has 1 heterocycles. The van der Waals surface area contributed by atoms with Crippen LogP contribution in [0.4, 0.5) is 0 Å². The van der Waals surface area contributed by atoms with Gasteiger partial charge in [-0.2, -0.15) is 0 Å². The van der Waals surface area contributed by atoms with Crippen molar-refractivity contribution in [1.29, 1.82) is 0 Å². The Labute approximate surface area is 175 Å². The summed E-state index contributed by atoms with van der Waals surface area (Å²) in [6.07, 6.45) is 0.189. The van der Waals surface area contributed by atoms with E-state index in [1.165, 1.54) is 11.3 Å². The molecule has 9 heteroatoms. The predicted octanol–water partition coefficient (Wildman–Crippen LogP) is 3.44. The van der Waals surface area contributed by atoms with Crippen LogP contribution in [-0.4, -0.2) is 24.0 Å². The number of hydrogen-bond donors (Lipinski definition) is 3. The summed E-state index contributed by atoms with van der Waals surface area (Å²) in [5.74, 6) is -0.0644. The first-order valence-corrected chi connectivity index (χ1v) is 9.78. The number of nitrogens with one attached hydrogen (secondary N) is 3. The lowest BCUT2D eigenvalue weighted by atomic mass is 10.1. The Morgan fingerprint density at radius 1 is 1.14 bits per heavy atom. The molecule has 2 amide bonds. The van der Waals surface area contributed by atoms with Gasteiger partial charge < -0.3 is 4.74 Å². The number of benzene rings is 2. The van der Waals surface area contributed by atoms with Crippen LogP contribution in [0.1, 0.15) is 15.2 Å². The lowest BCUT2D eigenvalue weighted by molar-refractivity contribution is -0.121. The van der Waals surface area contributed by atoms with Crippen LogP contribution in [0.5, 0.6) is 5.75 Å². The van der Waals surface area contributed by atoms with Crippen LogP contribution in [0.2, 0.25) is 5.02 Å². The molecular weight excluding hydrogens is 418 g/mol. The summed E-state index contributed by atoms with van der Waals surface area (Å²) in [6.45, 7) is 0. The second-order valence-electron chi connectivity index (χ2n) is 5.73. The summed E-state index contributed by atoms with van der Waals surface area (Å²) >= 11 is 12.6. The SMILES string of the molecule is COc1ccc2c(Cl)c(C(=O)NC(=S)NNC(=O)Cc3ccccc3)sc2c1. The number of hydrazine groups is 1. The molecule has 0 aliphatic rings. The molecule has 0 unspecified atom stereocenters. The van der Waals surface area contributed by atoms with E-state index in [9.17, 15) is 9.59 Å². The van der Waals surface area contributed by atoms with Crippen molar-refractivity contribution in [1.82, 2.24) is 16.2 Å². The van der Waals surface area contributed by atoms with Crippen molar-refractivity contribution in [2.45, 2.75) is 6.42 Å². The maximum atomic E-state index is 12.5. The molecule has 3 rings (SSSR count). The molecule has 0 fully saturated rings. The van der Waals surface area contributed by atoms with Crippen LogP contribution in [0.15, 0.2) is 48.5 Å². The highest BCUT2D eigenvalue weighted by atomic mass is 35.5. The average molecular weight is 434 g/mol. The van der Waals surface area contributed by atoms with Gasteiger partial charge in [0.05, 0.1) is 18.6 Å².